The second-order valence-corrected chi connectivity index (χ2v) is 6.34. The van der Waals surface area contributed by atoms with Crippen molar-refractivity contribution in [3.8, 4) is 0 Å². The lowest BCUT2D eigenvalue weighted by Crippen LogP contribution is -2.40. The van der Waals surface area contributed by atoms with Crippen LogP contribution in [0.5, 0.6) is 0 Å². The van der Waals surface area contributed by atoms with Crippen LogP contribution in [0.4, 0.5) is 0 Å². The van der Waals surface area contributed by atoms with Gasteiger partial charge in [-0.3, -0.25) is 4.79 Å². The van der Waals surface area contributed by atoms with Gasteiger partial charge >= 0.3 is 0 Å². The number of hydrogen-bond donors (Lipinski definition) is 3. The summed E-state index contributed by atoms with van der Waals surface area (Å²) in [6.45, 7) is 10.9. The summed E-state index contributed by atoms with van der Waals surface area (Å²) >= 11 is 0. The lowest BCUT2D eigenvalue weighted by molar-refractivity contribution is -0.126. The second kappa shape index (κ2) is 9.32. The van der Waals surface area contributed by atoms with Crippen LogP contribution >= 0.6 is 0 Å². The minimum atomic E-state index is -0.600. The average molecular weight is 272 g/mol. The summed E-state index contributed by atoms with van der Waals surface area (Å²) < 4.78 is 0. The zero-order chi connectivity index (χ0) is 15.0. The Hall–Kier alpha value is -0.610. The van der Waals surface area contributed by atoms with Gasteiger partial charge in [0.15, 0.2) is 0 Å². The molecule has 0 aliphatic rings. The summed E-state index contributed by atoms with van der Waals surface area (Å²) in [5.74, 6) is 0.785. The SMILES string of the molecule is CC[C@@H](C[C@H](O)[C@@H](N)CC(C)C)C(=O)NCC(C)C. The molecule has 4 heteroatoms. The van der Waals surface area contributed by atoms with Crippen molar-refractivity contribution in [3.63, 3.8) is 0 Å². The Labute approximate surface area is 118 Å². The van der Waals surface area contributed by atoms with Gasteiger partial charge in [-0.2, -0.15) is 0 Å². The predicted molar refractivity (Wildman–Crippen MR) is 79.7 cm³/mol. The third kappa shape index (κ3) is 8.22. The van der Waals surface area contributed by atoms with E-state index in [2.05, 4.69) is 33.0 Å². The molecule has 0 rings (SSSR count). The minimum Gasteiger partial charge on any atom is -0.391 e. The van der Waals surface area contributed by atoms with E-state index < -0.39 is 6.10 Å². The van der Waals surface area contributed by atoms with Crippen LogP contribution in [-0.2, 0) is 4.79 Å². The van der Waals surface area contributed by atoms with E-state index in [4.69, 9.17) is 5.73 Å². The predicted octanol–water partition coefficient (Wildman–Crippen LogP) is 1.91. The summed E-state index contributed by atoms with van der Waals surface area (Å²) in [7, 11) is 0. The van der Waals surface area contributed by atoms with Gasteiger partial charge in [-0.1, -0.05) is 34.6 Å². The molecule has 0 aromatic heterocycles. The molecule has 1 amide bonds. The maximum Gasteiger partial charge on any atom is 0.223 e. The normalized spacial score (nSPS) is 16.5. The molecule has 0 aliphatic carbocycles. The van der Waals surface area contributed by atoms with E-state index >= 15 is 0 Å². The molecule has 4 N–H and O–H groups in total. The van der Waals surface area contributed by atoms with Crippen molar-refractivity contribution in [1.82, 2.24) is 5.32 Å². The maximum atomic E-state index is 12.0. The second-order valence-electron chi connectivity index (χ2n) is 6.34. The first-order chi connectivity index (χ1) is 8.77. The number of carbonyl (C=O) groups is 1. The number of rotatable bonds is 9. The van der Waals surface area contributed by atoms with Crippen LogP contribution in [0.15, 0.2) is 0 Å². The monoisotopic (exact) mass is 272 g/mol. The highest BCUT2D eigenvalue weighted by atomic mass is 16.3. The number of nitrogens with two attached hydrogens (primary N) is 1. The highest BCUT2D eigenvalue weighted by Gasteiger charge is 2.24. The fourth-order valence-electron chi connectivity index (χ4n) is 2.08. The van der Waals surface area contributed by atoms with Gasteiger partial charge in [0.2, 0.25) is 5.91 Å². The molecule has 0 aromatic rings. The maximum absolute atomic E-state index is 12.0. The van der Waals surface area contributed by atoms with Crippen LogP contribution in [0.1, 0.15) is 53.9 Å². The van der Waals surface area contributed by atoms with Crippen molar-refractivity contribution >= 4 is 5.91 Å². The third-order valence-electron chi connectivity index (χ3n) is 3.31. The lowest BCUT2D eigenvalue weighted by atomic mass is 9.91. The van der Waals surface area contributed by atoms with E-state index in [1.807, 2.05) is 6.92 Å². The van der Waals surface area contributed by atoms with Crippen molar-refractivity contribution in [1.29, 1.82) is 0 Å². The van der Waals surface area contributed by atoms with E-state index in [0.29, 0.717) is 24.8 Å². The van der Waals surface area contributed by atoms with Crippen molar-refractivity contribution in [3.05, 3.63) is 0 Å². The molecule has 19 heavy (non-hydrogen) atoms. The summed E-state index contributed by atoms with van der Waals surface area (Å²) in [6.07, 6.45) is 1.37. The van der Waals surface area contributed by atoms with Gasteiger partial charge in [-0.25, -0.2) is 0 Å². The number of aliphatic hydroxyl groups excluding tert-OH is 1. The molecule has 0 unspecified atom stereocenters. The molecule has 0 radical (unpaired) electrons. The third-order valence-corrected chi connectivity index (χ3v) is 3.31. The Morgan fingerprint density at radius 3 is 2.16 bits per heavy atom. The zero-order valence-electron chi connectivity index (χ0n) is 13.1. The van der Waals surface area contributed by atoms with E-state index in [-0.39, 0.29) is 17.9 Å². The number of hydrogen-bond acceptors (Lipinski definition) is 3. The van der Waals surface area contributed by atoms with E-state index in [1.54, 1.807) is 0 Å². The van der Waals surface area contributed by atoms with E-state index in [9.17, 15) is 9.90 Å². The van der Waals surface area contributed by atoms with Gasteiger partial charge in [0.1, 0.15) is 0 Å². The topological polar surface area (TPSA) is 75.3 Å². The smallest absolute Gasteiger partial charge is 0.223 e. The highest BCUT2D eigenvalue weighted by molar-refractivity contribution is 5.78. The van der Waals surface area contributed by atoms with Gasteiger partial charge in [0.25, 0.3) is 0 Å². The molecule has 0 bridgehead atoms. The first-order valence-corrected chi connectivity index (χ1v) is 7.49. The Bertz CT molecular complexity index is 255. The molecule has 0 aromatic carbocycles. The zero-order valence-corrected chi connectivity index (χ0v) is 13.1. The number of aliphatic hydroxyl groups is 1. The Morgan fingerprint density at radius 2 is 1.74 bits per heavy atom. The van der Waals surface area contributed by atoms with Crippen molar-refractivity contribution < 1.29 is 9.90 Å². The van der Waals surface area contributed by atoms with Crippen LogP contribution in [0, 0.1) is 17.8 Å². The van der Waals surface area contributed by atoms with Crippen molar-refractivity contribution in [2.75, 3.05) is 6.54 Å². The van der Waals surface area contributed by atoms with E-state index in [1.165, 1.54) is 0 Å². The molecular weight excluding hydrogens is 240 g/mol. The molecule has 4 nitrogen and oxygen atoms in total. The Balaban J connectivity index is 4.26. The van der Waals surface area contributed by atoms with Crippen LogP contribution in [0.3, 0.4) is 0 Å². The standard InChI is InChI=1S/C15H32N2O2/c1-6-12(15(19)17-9-11(4)5)8-14(18)13(16)7-10(2)3/h10-14,18H,6-9,16H2,1-5H3,(H,17,19)/t12-,13-,14-/m0/s1. The summed E-state index contributed by atoms with van der Waals surface area (Å²) in [6, 6.07) is -0.244. The average Bonchev–Trinajstić information content (AvgIpc) is 2.31. The molecule has 0 heterocycles. The first kappa shape index (κ1) is 18.4. The number of amides is 1. The quantitative estimate of drug-likeness (QED) is 0.600. The van der Waals surface area contributed by atoms with E-state index in [0.717, 1.165) is 12.8 Å². The summed E-state index contributed by atoms with van der Waals surface area (Å²) in [4.78, 5) is 12.0. The van der Waals surface area contributed by atoms with Crippen LogP contribution in [-0.4, -0.2) is 29.7 Å². The summed E-state index contributed by atoms with van der Waals surface area (Å²) in [5, 5.41) is 13.0. The van der Waals surface area contributed by atoms with Gasteiger partial charge in [0.05, 0.1) is 6.10 Å². The number of nitrogens with one attached hydrogen (secondary N) is 1. The molecule has 3 atom stereocenters. The first-order valence-electron chi connectivity index (χ1n) is 7.49. The lowest BCUT2D eigenvalue weighted by Gasteiger charge is -2.24. The van der Waals surface area contributed by atoms with Crippen LogP contribution < -0.4 is 11.1 Å². The van der Waals surface area contributed by atoms with Gasteiger partial charge in [-0.15, -0.1) is 0 Å². The van der Waals surface area contributed by atoms with Gasteiger partial charge < -0.3 is 16.2 Å². The molecule has 0 saturated carbocycles. The highest BCUT2D eigenvalue weighted by Crippen LogP contribution is 2.16. The van der Waals surface area contributed by atoms with Crippen molar-refractivity contribution in [2.45, 2.75) is 66.0 Å². The molecule has 0 fully saturated rings. The molecule has 114 valence electrons. The largest absolute Gasteiger partial charge is 0.391 e. The Kier molecular flexibility index (Phi) is 9.02. The van der Waals surface area contributed by atoms with Crippen LogP contribution in [0.2, 0.25) is 0 Å². The van der Waals surface area contributed by atoms with Gasteiger partial charge in [-0.05, 0) is 31.1 Å². The molecule has 0 spiro atoms. The fourth-order valence-corrected chi connectivity index (χ4v) is 2.08. The molecule has 0 aliphatic heterocycles. The number of carbonyl (C=O) groups excluding carboxylic acids is 1. The van der Waals surface area contributed by atoms with Crippen LogP contribution in [0.25, 0.3) is 0 Å². The van der Waals surface area contributed by atoms with Crippen molar-refractivity contribution in [2.24, 2.45) is 23.5 Å². The minimum absolute atomic E-state index is 0.0343. The molecular formula is C15H32N2O2. The van der Waals surface area contributed by atoms with Gasteiger partial charge in [0, 0.05) is 18.5 Å². The summed E-state index contributed by atoms with van der Waals surface area (Å²) in [5.41, 5.74) is 5.96. The Morgan fingerprint density at radius 1 is 1.16 bits per heavy atom. The fraction of sp³-hybridized carbons (Fsp3) is 0.933. The molecule has 0 saturated heterocycles.